The maximum Gasteiger partial charge on any atom is 0.220 e. The molecule has 138 valence electrons. The maximum atomic E-state index is 12.5. The minimum absolute atomic E-state index is 0.111. The van der Waals surface area contributed by atoms with E-state index in [1.54, 1.807) is 13.3 Å². The fourth-order valence-electron chi connectivity index (χ4n) is 3.87. The third-order valence-electron chi connectivity index (χ3n) is 5.18. The molecule has 5 heteroatoms. The van der Waals surface area contributed by atoms with E-state index in [0.29, 0.717) is 6.54 Å². The van der Waals surface area contributed by atoms with Gasteiger partial charge in [0.05, 0.1) is 24.6 Å². The van der Waals surface area contributed by atoms with Gasteiger partial charge in [-0.3, -0.25) is 4.79 Å². The van der Waals surface area contributed by atoms with Crippen LogP contribution in [0.1, 0.15) is 23.7 Å². The van der Waals surface area contributed by atoms with Crippen molar-refractivity contribution >= 4 is 11.6 Å². The molecule has 27 heavy (non-hydrogen) atoms. The number of hydrogen-bond donors (Lipinski definition) is 1. The van der Waals surface area contributed by atoms with Crippen LogP contribution in [0.3, 0.4) is 0 Å². The Kier molecular flexibility index (Phi) is 4.92. The van der Waals surface area contributed by atoms with Crippen LogP contribution in [0.2, 0.25) is 0 Å². The molecule has 1 atom stereocenters. The molecular weight excluding hydrogens is 336 g/mol. The zero-order valence-corrected chi connectivity index (χ0v) is 15.5. The summed E-state index contributed by atoms with van der Waals surface area (Å²) >= 11 is 0. The first-order chi connectivity index (χ1) is 13.2. The molecule has 0 unspecified atom stereocenters. The Morgan fingerprint density at radius 2 is 1.93 bits per heavy atom. The monoisotopic (exact) mass is 360 g/mol. The Labute approximate surface area is 159 Å². The lowest BCUT2D eigenvalue weighted by atomic mass is 10.0. The van der Waals surface area contributed by atoms with Gasteiger partial charge >= 0.3 is 0 Å². The number of benzene rings is 2. The van der Waals surface area contributed by atoms with Crippen molar-refractivity contribution in [2.75, 3.05) is 11.4 Å². The number of aromatic amines is 1. The summed E-state index contributed by atoms with van der Waals surface area (Å²) < 4.78 is 0. The molecule has 2 aromatic carbocycles. The highest BCUT2D eigenvalue weighted by molar-refractivity contribution is 5.74. The lowest BCUT2D eigenvalue weighted by Crippen LogP contribution is -2.44. The van der Waals surface area contributed by atoms with Gasteiger partial charge in [-0.25, -0.2) is 4.98 Å². The molecular formula is C22H24N4O. The first-order valence-corrected chi connectivity index (χ1v) is 9.32. The van der Waals surface area contributed by atoms with Gasteiger partial charge in [-0.15, -0.1) is 0 Å². The number of amides is 1. The van der Waals surface area contributed by atoms with Gasteiger partial charge in [0.15, 0.2) is 0 Å². The summed E-state index contributed by atoms with van der Waals surface area (Å²) in [6, 6.07) is 18.9. The van der Waals surface area contributed by atoms with E-state index in [-0.39, 0.29) is 11.9 Å². The minimum atomic E-state index is 0.111. The molecule has 1 aromatic heterocycles. The van der Waals surface area contributed by atoms with Crippen molar-refractivity contribution in [3.63, 3.8) is 0 Å². The van der Waals surface area contributed by atoms with Crippen LogP contribution in [-0.4, -0.2) is 33.4 Å². The summed E-state index contributed by atoms with van der Waals surface area (Å²) in [5.74, 6) is 0.120. The largest absolute Gasteiger partial charge is 0.363 e. The van der Waals surface area contributed by atoms with Crippen molar-refractivity contribution in [3.05, 3.63) is 83.9 Å². The van der Waals surface area contributed by atoms with Crippen molar-refractivity contribution in [3.8, 4) is 0 Å². The van der Waals surface area contributed by atoms with E-state index in [1.807, 2.05) is 23.2 Å². The van der Waals surface area contributed by atoms with Crippen molar-refractivity contribution < 1.29 is 4.79 Å². The van der Waals surface area contributed by atoms with E-state index in [9.17, 15) is 4.79 Å². The van der Waals surface area contributed by atoms with Crippen molar-refractivity contribution in [1.82, 2.24) is 14.9 Å². The van der Waals surface area contributed by atoms with Crippen LogP contribution in [0.4, 0.5) is 5.69 Å². The zero-order valence-electron chi connectivity index (χ0n) is 15.5. The molecule has 0 spiro atoms. The molecule has 1 N–H and O–H groups in total. The summed E-state index contributed by atoms with van der Waals surface area (Å²) in [7, 11) is 0. The molecule has 2 heterocycles. The Morgan fingerprint density at radius 1 is 1.15 bits per heavy atom. The molecule has 1 aliphatic rings. The van der Waals surface area contributed by atoms with Gasteiger partial charge in [0.2, 0.25) is 5.91 Å². The van der Waals surface area contributed by atoms with Crippen LogP contribution in [0.5, 0.6) is 0 Å². The van der Waals surface area contributed by atoms with Crippen LogP contribution >= 0.6 is 0 Å². The summed E-state index contributed by atoms with van der Waals surface area (Å²) in [4.78, 5) is 24.2. The molecule has 0 fully saturated rings. The van der Waals surface area contributed by atoms with Gasteiger partial charge in [-0.2, -0.15) is 0 Å². The third kappa shape index (κ3) is 3.87. The predicted molar refractivity (Wildman–Crippen MR) is 106 cm³/mol. The minimum Gasteiger partial charge on any atom is -0.363 e. The highest BCUT2D eigenvalue weighted by atomic mass is 16.2. The van der Waals surface area contributed by atoms with E-state index in [1.165, 1.54) is 16.8 Å². The second kappa shape index (κ2) is 7.66. The number of rotatable bonds is 4. The van der Waals surface area contributed by atoms with Gasteiger partial charge in [0.1, 0.15) is 0 Å². The quantitative estimate of drug-likeness (QED) is 0.776. The number of carbonyl (C=O) groups excluding carboxylic acids is 1. The number of anilines is 1. The normalized spacial score (nSPS) is 16.7. The smallest absolute Gasteiger partial charge is 0.220 e. The van der Waals surface area contributed by atoms with E-state index in [2.05, 4.69) is 57.3 Å². The Bertz CT molecular complexity index is 892. The van der Waals surface area contributed by atoms with Crippen LogP contribution in [0.25, 0.3) is 0 Å². The number of hydrogen-bond acceptors (Lipinski definition) is 3. The van der Waals surface area contributed by atoms with E-state index in [0.717, 1.165) is 25.2 Å². The first-order valence-electron chi connectivity index (χ1n) is 9.32. The fraction of sp³-hybridized carbons (Fsp3) is 0.273. The van der Waals surface area contributed by atoms with Gasteiger partial charge < -0.3 is 14.8 Å². The Hall–Kier alpha value is -3.08. The number of carbonyl (C=O) groups is 1. The zero-order chi connectivity index (χ0) is 18.6. The summed E-state index contributed by atoms with van der Waals surface area (Å²) in [6.07, 6.45) is 4.42. The molecule has 0 saturated carbocycles. The van der Waals surface area contributed by atoms with Crippen LogP contribution in [-0.2, 0) is 24.3 Å². The van der Waals surface area contributed by atoms with Crippen LogP contribution in [0.15, 0.2) is 67.1 Å². The average molecular weight is 360 g/mol. The van der Waals surface area contributed by atoms with Crippen LogP contribution < -0.4 is 4.90 Å². The number of H-pyrrole nitrogens is 1. The molecule has 1 aliphatic heterocycles. The number of nitrogens with zero attached hydrogens (tertiary/aromatic N) is 3. The second-order valence-corrected chi connectivity index (χ2v) is 7.08. The third-order valence-corrected chi connectivity index (χ3v) is 5.18. The lowest BCUT2D eigenvalue weighted by Gasteiger charge is -2.32. The SMILES string of the molecule is CC(=O)N1Cc2ccccc2N(Cc2cnc[nH]2)C[C@@H]1Cc1ccccc1. The first kappa shape index (κ1) is 17.3. The summed E-state index contributed by atoms with van der Waals surface area (Å²) in [6.45, 7) is 3.84. The van der Waals surface area contributed by atoms with Gasteiger partial charge in [0, 0.05) is 31.9 Å². The van der Waals surface area contributed by atoms with Crippen molar-refractivity contribution in [2.24, 2.45) is 0 Å². The van der Waals surface area contributed by atoms with Crippen molar-refractivity contribution in [2.45, 2.75) is 32.5 Å². The highest BCUT2D eigenvalue weighted by Crippen LogP contribution is 2.29. The maximum absolute atomic E-state index is 12.5. The van der Waals surface area contributed by atoms with Gasteiger partial charge in [0.25, 0.3) is 0 Å². The van der Waals surface area contributed by atoms with E-state index in [4.69, 9.17) is 0 Å². The lowest BCUT2D eigenvalue weighted by molar-refractivity contribution is -0.131. The van der Waals surface area contributed by atoms with Gasteiger partial charge in [-0.1, -0.05) is 48.5 Å². The molecule has 1 amide bonds. The van der Waals surface area contributed by atoms with Crippen molar-refractivity contribution in [1.29, 1.82) is 0 Å². The summed E-state index contributed by atoms with van der Waals surface area (Å²) in [5.41, 5.74) is 4.69. The number of aromatic nitrogens is 2. The average Bonchev–Trinajstić information content (AvgIpc) is 3.13. The number of para-hydroxylation sites is 1. The number of fused-ring (bicyclic) bond motifs is 1. The Morgan fingerprint density at radius 3 is 2.67 bits per heavy atom. The summed E-state index contributed by atoms with van der Waals surface area (Å²) in [5, 5.41) is 0. The molecule has 0 bridgehead atoms. The fourth-order valence-corrected chi connectivity index (χ4v) is 3.87. The standard InChI is InChI=1S/C22H24N4O/c1-17(27)26-13-19-9-5-6-10-22(19)25(14-20-12-23-16-24-20)15-21(26)11-18-7-3-2-4-8-18/h2-10,12,16,21H,11,13-15H2,1H3,(H,23,24)/t21-/m0/s1. The molecule has 0 radical (unpaired) electrons. The van der Waals surface area contributed by atoms with E-state index >= 15 is 0 Å². The molecule has 3 aromatic rings. The number of imidazole rings is 1. The van der Waals surface area contributed by atoms with Crippen LogP contribution in [0, 0.1) is 0 Å². The van der Waals surface area contributed by atoms with E-state index < -0.39 is 0 Å². The van der Waals surface area contributed by atoms with Gasteiger partial charge in [-0.05, 0) is 23.6 Å². The topological polar surface area (TPSA) is 52.2 Å². The molecule has 0 saturated heterocycles. The highest BCUT2D eigenvalue weighted by Gasteiger charge is 2.29. The molecule has 5 nitrogen and oxygen atoms in total. The molecule has 0 aliphatic carbocycles. The predicted octanol–water partition coefficient (Wildman–Crippen LogP) is 3.39. The Balaban J connectivity index is 1.69. The number of nitrogens with one attached hydrogen (secondary N) is 1. The second-order valence-electron chi connectivity index (χ2n) is 7.08. The molecule has 4 rings (SSSR count).